The van der Waals surface area contributed by atoms with Crippen molar-refractivity contribution < 1.29 is 9.32 Å². The number of carbonyl (C=O) groups is 1. The maximum atomic E-state index is 12.2. The van der Waals surface area contributed by atoms with Crippen molar-refractivity contribution in [2.75, 3.05) is 26.2 Å². The van der Waals surface area contributed by atoms with E-state index in [1.807, 2.05) is 0 Å². The molecule has 146 valence electrons. The van der Waals surface area contributed by atoms with Gasteiger partial charge in [0.05, 0.1) is 12.1 Å². The quantitative estimate of drug-likeness (QED) is 0.833. The fourth-order valence-corrected chi connectivity index (χ4v) is 3.76. The number of hydrogen-bond donors (Lipinski definition) is 2. The predicted molar refractivity (Wildman–Crippen MR) is 99.7 cm³/mol. The zero-order valence-electron chi connectivity index (χ0n) is 16.5. The fraction of sp³-hybridized carbons (Fsp3) is 0.842. The summed E-state index contributed by atoms with van der Waals surface area (Å²) in [5.74, 6) is 2.07. The molecule has 3 rings (SSSR count). The van der Waals surface area contributed by atoms with Gasteiger partial charge >= 0.3 is 0 Å². The smallest absolute Gasteiger partial charge is 0.243 e. The molecule has 7 heteroatoms. The predicted octanol–water partition coefficient (Wildman–Crippen LogP) is 2.01. The second-order valence-electron chi connectivity index (χ2n) is 8.78. The summed E-state index contributed by atoms with van der Waals surface area (Å²) in [6.07, 6.45) is 4.33. The third kappa shape index (κ3) is 4.62. The molecule has 2 saturated heterocycles. The summed E-state index contributed by atoms with van der Waals surface area (Å²) in [6, 6.07) is 0.108. The Labute approximate surface area is 156 Å². The van der Waals surface area contributed by atoms with Crippen LogP contribution in [0.5, 0.6) is 0 Å². The van der Waals surface area contributed by atoms with Gasteiger partial charge in [0.25, 0.3) is 0 Å². The molecule has 0 bridgehead atoms. The summed E-state index contributed by atoms with van der Waals surface area (Å²) in [4.78, 5) is 19.2. The highest BCUT2D eigenvalue weighted by Gasteiger charge is 2.30. The van der Waals surface area contributed by atoms with Gasteiger partial charge in [0.15, 0.2) is 5.82 Å². The zero-order valence-corrected chi connectivity index (χ0v) is 16.5. The summed E-state index contributed by atoms with van der Waals surface area (Å²) >= 11 is 0. The van der Waals surface area contributed by atoms with E-state index >= 15 is 0 Å². The molecule has 3 heterocycles. The Kier molecular flexibility index (Phi) is 5.97. The van der Waals surface area contributed by atoms with E-state index in [9.17, 15) is 4.79 Å². The van der Waals surface area contributed by atoms with E-state index < -0.39 is 0 Å². The Bertz CT molecular complexity index is 603. The van der Waals surface area contributed by atoms with Gasteiger partial charge in [-0.3, -0.25) is 9.69 Å². The second-order valence-corrected chi connectivity index (χ2v) is 8.78. The topological polar surface area (TPSA) is 83.3 Å². The van der Waals surface area contributed by atoms with Crippen molar-refractivity contribution in [2.45, 2.75) is 70.9 Å². The first-order valence-corrected chi connectivity index (χ1v) is 9.94. The molecule has 0 aliphatic carbocycles. The molecule has 2 aliphatic rings. The van der Waals surface area contributed by atoms with Gasteiger partial charge in [-0.1, -0.05) is 25.9 Å². The van der Waals surface area contributed by atoms with E-state index in [1.54, 1.807) is 0 Å². The number of aromatic nitrogens is 2. The van der Waals surface area contributed by atoms with Crippen LogP contribution < -0.4 is 10.6 Å². The molecule has 1 aromatic heterocycles. The molecule has 2 fully saturated rings. The minimum absolute atomic E-state index is 0.00262. The van der Waals surface area contributed by atoms with Gasteiger partial charge in [0, 0.05) is 18.5 Å². The molecule has 3 atom stereocenters. The number of likely N-dealkylation sites (tertiary alicyclic amines) is 1. The van der Waals surface area contributed by atoms with Crippen molar-refractivity contribution in [1.29, 1.82) is 0 Å². The first kappa shape index (κ1) is 19.3. The number of hydrogen-bond acceptors (Lipinski definition) is 6. The molecule has 7 nitrogen and oxygen atoms in total. The lowest BCUT2D eigenvalue weighted by Crippen LogP contribution is -2.46. The lowest BCUT2D eigenvalue weighted by molar-refractivity contribution is -0.123. The highest BCUT2D eigenvalue weighted by molar-refractivity contribution is 5.81. The number of nitrogens with one attached hydrogen (secondary N) is 2. The van der Waals surface area contributed by atoms with Crippen molar-refractivity contribution in [3.63, 3.8) is 0 Å². The van der Waals surface area contributed by atoms with Crippen LogP contribution in [0.2, 0.25) is 0 Å². The molecule has 3 unspecified atom stereocenters. The first-order valence-electron chi connectivity index (χ1n) is 9.94. The molecule has 0 radical (unpaired) electrons. The number of carbonyl (C=O) groups excluding carboxylic acids is 1. The van der Waals surface area contributed by atoms with E-state index in [0.29, 0.717) is 11.8 Å². The van der Waals surface area contributed by atoms with Crippen LogP contribution in [0, 0.1) is 5.92 Å². The molecule has 2 aliphatic heterocycles. The SMILES string of the molecule is CC(c1nc(C(C)(C)C)no1)N1CCCC(CNC(=O)C2CCCN2)C1. The lowest BCUT2D eigenvalue weighted by atomic mass is 9.96. The van der Waals surface area contributed by atoms with Gasteiger partial charge in [0.2, 0.25) is 11.8 Å². The van der Waals surface area contributed by atoms with E-state index in [4.69, 9.17) is 4.52 Å². The van der Waals surface area contributed by atoms with Crippen LogP contribution in [-0.2, 0) is 10.2 Å². The molecule has 26 heavy (non-hydrogen) atoms. The summed E-state index contributed by atoms with van der Waals surface area (Å²) in [6.45, 7) is 12.1. The van der Waals surface area contributed by atoms with Gasteiger partial charge in [-0.25, -0.2) is 0 Å². The molecular formula is C19H33N5O2. The number of amides is 1. The van der Waals surface area contributed by atoms with E-state index in [2.05, 4.69) is 53.4 Å². The van der Waals surface area contributed by atoms with E-state index in [-0.39, 0.29) is 23.4 Å². The monoisotopic (exact) mass is 363 g/mol. The highest BCUT2D eigenvalue weighted by Crippen LogP contribution is 2.27. The molecule has 1 amide bonds. The lowest BCUT2D eigenvalue weighted by Gasteiger charge is -2.35. The maximum absolute atomic E-state index is 12.2. The van der Waals surface area contributed by atoms with Crippen molar-refractivity contribution in [3.05, 3.63) is 11.7 Å². The molecular weight excluding hydrogens is 330 g/mol. The van der Waals surface area contributed by atoms with Crippen LogP contribution in [0.15, 0.2) is 4.52 Å². The normalized spacial score (nSPS) is 26.0. The molecule has 0 saturated carbocycles. The molecule has 0 aromatic carbocycles. The Morgan fingerprint density at radius 2 is 2.19 bits per heavy atom. The van der Waals surface area contributed by atoms with Crippen molar-refractivity contribution in [2.24, 2.45) is 5.92 Å². The van der Waals surface area contributed by atoms with Gasteiger partial charge in [0.1, 0.15) is 0 Å². The standard InChI is InChI=1S/C19H33N5O2/c1-13(17-22-18(23-26-17)19(2,3)4)24-10-6-7-14(12-24)11-21-16(25)15-8-5-9-20-15/h13-15,20H,5-12H2,1-4H3,(H,21,25). The van der Waals surface area contributed by atoms with Gasteiger partial charge in [-0.2, -0.15) is 4.98 Å². The summed E-state index contributed by atoms with van der Waals surface area (Å²) in [5, 5.41) is 10.5. The third-order valence-electron chi connectivity index (χ3n) is 5.51. The molecule has 1 aromatic rings. The minimum Gasteiger partial charge on any atom is -0.354 e. The average molecular weight is 364 g/mol. The van der Waals surface area contributed by atoms with Crippen LogP contribution in [0.25, 0.3) is 0 Å². The summed E-state index contributed by atoms with van der Waals surface area (Å²) < 4.78 is 5.53. The number of piperidine rings is 1. The van der Waals surface area contributed by atoms with Crippen molar-refractivity contribution in [3.8, 4) is 0 Å². The third-order valence-corrected chi connectivity index (χ3v) is 5.51. The Morgan fingerprint density at radius 1 is 1.38 bits per heavy atom. The zero-order chi connectivity index (χ0) is 18.7. The van der Waals surface area contributed by atoms with Gasteiger partial charge < -0.3 is 15.2 Å². The number of rotatable bonds is 5. The van der Waals surface area contributed by atoms with Crippen LogP contribution in [-0.4, -0.2) is 53.2 Å². The molecule has 0 spiro atoms. The van der Waals surface area contributed by atoms with E-state index in [0.717, 1.165) is 57.7 Å². The van der Waals surface area contributed by atoms with Crippen molar-refractivity contribution >= 4 is 5.91 Å². The first-order chi connectivity index (χ1) is 12.3. The number of nitrogens with zero attached hydrogens (tertiary/aromatic N) is 3. The van der Waals surface area contributed by atoms with Gasteiger partial charge in [-0.15, -0.1) is 0 Å². The Hall–Kier alpha value is -1.47. The summed E-state index contributed by atoms with van der Waals surface area (Å²) in [7, 11) is 0. The van der Waals surface area contributed by atoms with Gasteiger partial charge in [-0.05, 0) is 51.6 Å². The van der Waals surface area contributed by atoms with E-state index in [1.165, 1.54) is 0 Å². The average Bonchev–Trinajstić information content (AvgIpc) is 3.30. The fourth-order valence-electron chi connectivity index (χ4n) is 3.76. The van der Waals surface area contributed by atoms with Crippen LogP contribution >= 0.6 is 0 Å². The largest absolute Gasteiger partial charge is 0.354 e. The summed E-state index contributed by atoms with van der Waals surface area (Å²) in [5.41, 5.74) is -0.107. The second kappa shape index (κ2) is 8.05. The molecule has 2 N–H and O–H groups in total. The highest BCUT2D eigenvalue weighted by atomic mass is 16.5. The van der Waals surface area contributed by atoms with Crippen molar-refractivity contribution in [1.82, 2.24) is 25.7 Å². The maximum Gasteiger partial charge on any atom is 0.243 e. The van der Waals surface area contributed by atoms with Crippen LogP contribution in [0.3, 0.4) is 0 Å². The Balaban J connectivity index is 1.52. The Morgan fingerprint density at radius 3 is 2.85 bits per heavy atom. The minimum atomic E-state index is -0.107. The van der Waals surface area contributed by atoms with Crippen LogP contribution in [0.1, 0.15) is 71.1 Å². The van der Waals surface area contributed by atoms with Crippen LogP contribution in [0.4, 0.5) is 0 Å².